The molecular weight excluding hydrogens is 462 g/mol. The van der Waals surface area contributed by atoms with Crippen molar-refractivity contribution in [2.24, 2.45) is 11.8 Å². The molecule has 0 aromatic heterocycles. The van der Waals surface area contributed by atoms with Gasteiger partial charge in [0.2, 0.25) is 0 Å². The summed E-state index contributed by atoms with van der Waals surface area (Å²) in [5.41, 5.74) is -0.675. The van der Waals surface area contributed by atoms with Crippen molar-refractivity contribution in [1.29, 1.82) is 0 Å². The zero-order chi connectivity index (χ0) is 26.7. The van der Waals surface area contributed by atoms with Gasteiger partial charge in [0, 0.05) is 59.1 Å². The summed E-state index contributed by atoms with van der Waals surface area (Å²) in [5, 5.41) is 9.23. The Balaban J connectivity index is 4.60. The number of carbonyl (C=O) groups is 3. The minimum absolute atomic E-state index is 0.0471. The minimum Gasteiger partial charge on any atom is -0.465 e. The van der Waals surface area contributed by atoms with Gasteiger partial charge in [-0.25, -0.2) is 4.79 Å². The third kappa shape index (κ3) is 18.0. The molecule has 0 spiro atoms. The molecule has 35 heavy (non-hydrogen) atoms. The minimum atomic E-state index is -0.675. The van der Waals surface area contributed by atoms with Gasteiger partial charge in [0.05, 0.1) is 39.6 Å². The van der Waals surface area contributed by atoms with Crippen LogP contribution in [0.2, 0.25) is 0 Å². The Morgan fingerprint density at radius 2 is 1.17 bits per heavy atom. The lowest BCUT2D eigenvalue weighted by molar-refractivity contribution is -0.147. The van der Waals surface area contributed by atoms with Crippen LogP contribution < -0.4 is 0 Å². The quantitative estimate of drug-likeness (QED) is 0.205. The molecule has 0 radical (unpaired) electrons. The fourth-order valence-electron chi connectivity index (χ4n) is 3.02. The molecule has 0 fully saturated rings. The molecule has 0 aromatic rings. The molecule has 0 aliphatic heterocycles. The second-order valence-corrected chi connectivity index (χ2v) is 9.32. The maximum Gasteiger partial charge on any atom is 0.410 e. The van der Waals surface area contributed by atoms with E-state index in [9.17, 15) is 19.5 Å². The molecule has 11 heteroatoms. The summed E-state index contributed by atoms with van der Waals surface area (Å²) < 4.78 is 31.0. The average Bonchev–Trinajstić information content (AvgIpc) is 2.78. The lowest BCUT2D eigenvalue weighted by Gasteiger charge is -2.27. The third-order valence-corrected chi connectivity index (χ3v) is 4.69. The zero-order valence-electron chi connectivity index (χ0n) is 22.2. The van der Waals surface area contributed by atoms with Crippen LogP contribution >= 0.6 is 0 Å². The Kier molecular flexibility index (Phi) is 18.2. The van der Waals surface area contributed by atoms with Crippen molar-refractivity contribution in [2.75, 3.05) is 74.1 Å². The summed E-state index contributed by atoms with van der Waals surface area (Å²) in [6, 6.07) is 0. The largest absolute Gasteiger partial charge is 0.465 e. The van der Waals surface area contributed by atoms with Gasteiger partial charge in [0.15, 0.2) is 0 Å². The highest BCUT2D eigenvalue weighted by molar-refractivity contribution is 5.71. The number of ether oxygens (including phenoxy) is 6. The van der Waals surface area contributed by atoms with Crippen molar-refractivity contribution in [3.05, 3.63) is 0 Å². The number of carbonyl (C=O) groups excluding carboxylic acids is 3. The van der Waals surface area contributed by atoms with Crippen molar-refractivity contribution < 1.29 is 47.9 Å². The van der Waals surface area contributed by atoms with Gasteiger partial charge in [-0.1, -0.05) is 0 Å². The molecule has 0 heterocycles. The molecule has 1 atom stereocenters. The van der Waals surface area contributed by atoms with E-state index < -0.39 is 17.7 Å². The van der Waals surface area contributed by atoms with E-state index in [0.29, 0.717) is 26.1 Å². The van der Waals surface area contributed by atoms with Crippen LogP contribution in [0.1, 0.15) is 46.5 Å². The molecule has 0 aliphatic carbocycles. The van der Waals surface area contributed by atoms with Gasteiger partial charge in [-0.15, -0.1) is 0 Å². The van der Waals surface area contributed by atoms with E-state index in [2.05, 4.69) is 0 Å². The number of hydrogen-bond acceptors (Lipinski definition) is 10. The number of hydrogen-bond donors (Lipinski definition) is 1. The molecule has 0 saturated heterocycles. The second kappa shape index (κ2) is 19.3. The molecule has 1 N–H and O–H groups in total. The molecule has 0 aliphatic rings. The van der Waals surface area contributed by atoms with E-state index in [4.69, 9.17) is 28.4 Å². The van der Waals surface area contributed by atoms with Crippen LogP contribution in [0, 0.1) is 11.8 Å². The van der Waals surface area contributed by atoms with Crippen molar-refractivity contribution in [1.82, 2.24) is 4.90 Å². The van der Waals surface area contributed by atoms with E-state index in [-0.39, 0.29) is 70.2 Å². The van der Waals surface area contributed by atoms with Gasteiger partial charge < -0.3 is 38.4 Å². The number of rotatable bonds is 19. The predicted octanol–water partition coefficient (Wildman–Crippen LogP) is 2.03. The van der Waals surface area contributed by atoms with Crippen LogP contribution in [0.15, 0.2) is 0 Å². The fraction of sp³-hybridized carbons (Fsp3) is 0.875. The highest BCUT2D eigenvalue weighted by Gasteiger charge is 2.23. The maximum atomic E-state index is 12.6. The first-order chi connectivity index (χ1) is 16.6. The summed E-state index contributed by atoms with van der Waals surface area (Å²) in [6.07, 6.45) is 0.478. The van der Waals surface area contributed by atoms with Crippen molar-refractivity contribution in [3.8, 4) is 0 Å². The predicted molar refractivity (Wildman–Crippen MR) is 128 cm³/mol. The van der Waals surface area contributed by atoms with Gasteiger partial charge in [-0.05, 0) is 33.6 Å². The summed E-state index contributed by atoms with van der Waals surface area (Å²) in [6.45, 7) is 7.10. The van der Waals surface area contributed by atoms with Crippen LogP contribution in [-0.4, -0.2) is 108 Å². The fourth-order valence-corrected chi connectivity index (χ4v) is 3.02. The number of nitrogens with zero attached hydrogens (tertiary/aromatic N) is 1. The highest BCUT2D eigenvalue weighted by atomic mass is 16.6. The Morgan fingerprint density at radius 3 is 1.57 bits per heavy atom. The SMILES string of the molecule is COCC(CO)COC(=O)CCCN(CCCC(=O)OCC(COC)COC)C(=O)OC(C)(C)C. The monoisotopic (exact) mass is 507 g/mol. The van der Waals surface area contributed by atoms with Crippen molar-refractivity contribution >= 4 is 18.0 Å². The topological polar surface area (TPSA) is 130 Å². The number of amides is 1. The van der Waals surface area contributed by atoms with Gasteiger partial charge in [0.1, 0.15) is 5.60 Å². The van der Waals surface area contributed by atoms with Crippen molar-refractivity contribution in [3.63, 3.8) is 0 Å². The van der Waals surface area contributed by atoms with E-state index in [0.717, 1.165) is 0 Å². The Labute approximate surface area is 209 Å². The summed E-state index contributed by atoms with van der Waals surface area (Å²) in [7, 11) is 4.65. The number of aliphatic hydroxyl groups excluding tert-OH is 1. The standard InChI is InChI=1S/C24H45NO10/c1-24(2,3)35-23(29)25(11-7-9-21(27)33-17-19(13-26)14-30-4)12-8-10-22(28)34-18-20(15-31-5)16-32-6/h19-20,26H,7-18H2,1-6H3. The van der Waals surface area contributed by atoms with Gasteiger partial charge >= 0.3 is 18.0 Å². The van der Waals surface area contributed by atoms with E-state index in [1.54, 1.807) is 35.0 Å². The first-order valence-electron chi connectivity index (χ1n) is 11.9. The molecule has 1 unspecified atom stereocenters. The molecule has 11 nitrogen and oxygen atoms in total. The van der Waals surface area contributed by atoms with Crippen LogP contribution in [0.4, 0.5) is 4.79 Å². The molecule has 0 aromatic carbocycles. The average molecular weight is 508 g/mol. The van der Waals surface area contributed by atoms with Crippen molar-refractivity contribution in [2.45, 2.75) is 52.1 Å². The smallest absolute Gasteiger partial charge is 0.410 e. The molecule has 0 saturated carbocycles. The molecule has 0 rings (SSSR count). The molecular formula is C24H45NO10. The lowest BCUT2D eigenvalue weighted by Crippen LogP contribution is -2.38. The maximum absolute atomic E-state index is 12.6. The van der Waals surface area contributed by atoms with Crippen LogP contribution in [0.25, 0.3) is 0 Å². The van der Waals surface area contributed by atoms with Crippen LogP contribution in [0.5, 0.6) is 0 Å². The second-order valence-electron chi connectivity index (χ2n) is 9.32. The summed E-state index contributed by atoms with van der Waals surface area (Å²) >= 11 is 0. The van der Waals surface area contributed by atoms with Crippen LogP contribution in [0.3, 0.4) is 0 Å². The van der Waals surface area contributed by atoms with Crippen LogP contribution in [-0.2, 0) is 38.0 Å². The molecule has 0 bridgehead atoms. The Morgan fingerprint density at radius 1 is 0.743 bits per heavy atom. The van der Waals surface area contributed by atoms with E-state index >= 15 is 0 Å². The first-order valence-corrected chi connectivity index (χ1v) is 11.9. The summed E-state index contributed by atoms with van der Waals surface area (Å²) in [4.78, 5) is 38.2. The first kappa shape index (κ1) is 33.0. The van der Waals surface area contributed by atoms with E-state index in [1.807, 2.05) is 0 Å². The molecule has 206 valence electrons. The normalized spacial score (nSPS) is 12.3. The number of methoxy groups -OCH3 is 3. The van der Waals surface area contributed by atoms with Gasteiger partial charge in [0.25, 0.3) is 0 Å². The van der Waals surface area contributed by atoms with E-state index in [1.165, 1.54) is 12.0 Å². The van der Waals surface area contributed by atoms with Gasteiger partial charge in [-0.2, -0.15) is 0 Å². The lowest BCUT2D eigenvalue weighted by atomic mass is 10.2. The molecule has 1 amide bonds. The zero-order valence-corrected chi connectivity index (χ0v) is 22.2. The Bertz CT molecular complexity index is 587. The summed E-state index contributed by atoms with van der Waals surface area (Å²) in [5.74, 6) is -1.12. The Hall–Kier alpha value is -1.95. The number of esters is 2. The highest BCUT2D eigenvalue weighted by Crippen LogP contribution is 2.12. The third-order valence-electron chi connectivity index (χ3n) is 4.69. The van der Waals surface area contributed by atoms with Gasteiger partial charge in [-0.3, -0.25) is 9.59 Å². The number of aliphatic hydroxyl groups is 1.